The van der Waals surface area contributed by atoms with Gasteiger partial charge in [0.1, 0.15) is 23.3 Å². The number of unbranched alkanes of at least 4 members (excludes halogenated alkanes) is 10. The molecule has 1 aliphatic rings. The normalized spacial score (nSPS) is 16.0. The summed E-state index contributed by atoms with van der Waals surface area (Å²) >= 11 is 0. The molecular weight excluding hydrogens is 548 g/mol. The molecule has 1 aliphatic heterocycles. The Kier molecular flexibility index (Phi) is 18.3. The number of hydrogen-bond donors (Lipinski definition) is 3. The number of hydrogen-bond acceptors (Lipinski definition) is 6. The molecule has 10 heteroatoms. The van der Waals surface area contributed by atoms with Gasteiger partial charge in [-0.25, -0.2) is 9.59 Å². The van der Waals surface area contributed by atoms with Crippen molar-refractivity contribution in [1.29, 1.82) is 0 Å². The van der Waals surface area contributed by atoms with Crippen molar-refractivity contribution in [3.8, 4) is 0 Å². The van der Waals surface area contributed by atoms with E-state index in [2.05, 4.69) is 22.9 Å². The monoisotopic (exact) mass is 610 g/mol. The molecule has 0 aromatic rings. The van der Waals surface area contributed by atoms with Gasteiger partial charge in [0.15, 0.2) is 0 Å². The molecular formula is C33H62N4O6. The van der Waals surface area contributed by atoms with Crippen molar-refractivity contribution in [2.24, 2.45) is 0 Å². The molecule has 0 aliphatic carbocycles. The van der Waals surface area contributed by atoms with E-state index in [4.69, 9.17) is 9.47 Å². The Labute approximate surface area is 261 Å². The van der Waals surface area contributed by atoms with Crippen LogP contribution in [-0.2, 0) is 19.1 Å². The highest BCUT2D eigenvalue weighted by molar-refractivity contribution is 5.91. The number of ether oxygens (including phenoxy) is 2. The van der Waals surface area contributed by atoms with Crippen LogP contribution < -0.4 is 16.0 Å². The van der Waals surface area contributed by atoms with Gasteiger partial charge in [0, 0.05) is 19.6 Å². The molecule has 0 aromatic carbocycles. The zero-order valence-corrected chi connectivity index (χ0v) is 28.3. The third kappa shape index (κ3) is 18.7. The second-order valence-corrected chi connectivity index (χ2v) is 13.8. The number of carbonyl (C=O) groups excluding carboxylic acids is 4. The number of likely N-dealkylation sites (tertiary alicyclic amines) is 1. The lowest BCUT2D eigenvalue weighted by Gasteiger charge is -2.29. The summed E-state index contributed by atoms with van der Waals surface area (Å²) in [5, 5.41) is 8.49. The molecule has 3 N–H and O–H groups in total. The zero-order valence-electron chi connectivity index (χ0n) is 28.3. The predicted octanol–water partition coefficient (Wildman–Crippen LogP) is 6.60. The van der Waals surface area contributed by atoms with E-state index < -0.39 is 35.5 Å². The third-order valence-corrected chi connectivity index (χ3v) is 7.24. The number of rotatable bonds is 19. The van der Waals surface area contributed by atoms with Crippen LogP contribution in [0.2, 0.25) is 0 Å². The maximum atomic E-state index is 13.6. The van der Waals surface area contributed by atoms with E-state index in [1.54, 1.807) is 46.4 Å². The van der Waals surface area contributed by atoms with E-state index >= 15 is 0 Å². The fourth-order valence-corrected chi connectivity index (χ4v) is 5.13. The number of alkyl carbamates (subject to hydrolysis) is 2. The van der Waals surface area contributed by atoms with Crippen LogP contribution in [0.4, 0.5) is 9.59 Å². The van der Waals surface area contributed by atoms with Gasteiger partial charge in [0.2, 0.25) is 11.8 Å². The minimum atomic E-state index is -0.827. The molecule has 0 bridgehead atoms. The van der Waals surface area contributed by atoms with Gasteiger partial charge in [-0.3, -0.25) is 9.59 Å². The number of nitrogens with zero attached hydrogens (tertiary/aromatic N) is 1. The van der Waals surface area contributed by atoms with Crippen molar-refractivity contribution in [3.05, 3.63) is 0 Å². The summed E-state index contributed by atoms with van der Waals surface area (Å²) in [6.07, 6.45) is 14.1. The maximum absolute atomic E-state index is 13.6. The van der Waals surface area contributed by atoms with Crippen LogP contribution in [0.25, 0.3) is 0 Å². The highest BCUT2D eigenvalue weighted by Gasteiger charge is 2.37. The first-order chi connectivity index (χ1) is 20.2. The molecule has 0 saturated carbocycles. The summed E-state index contributed by atoms with van der Waals surface area (Å²) < 4.78 is 10.7. The van der Waals surface area contributed by atoms with Gasteiger partial charge in [-0.1, -0.05) is 64.7 Å². The smallest absolute Gasteiger partial charge is 0.408 e. The fraction of sp³-hybridized carbons (Fsp3) is 0.879. The van der Waals surface area contributed by atoms with Crippen LogP contribution in [0.1, 0.15) is 145 Å². The lowest BCUT2D eigenvalue weighted by molar-refractivity contribution is -0.140. The van der Waals surface area contributed by atoms with E-state index in [9.17, 15) is 19.2 Å². The van der Waals surface area contributed by atoms with E-state index in [0.717, 1.165) is 19.3 Å². The molecule has 1 saturated heterocycles. The van der Waals surface area contributed by atoms with E-state index in [0.29, 0.717) is 45.3 Å². The van der Waals surface area contributed by atoms with E-state index in [1.807, 2.05) is 0 Å². The highest BCUT2D eigenvalue weighted by Crippen LogP contribution is 2.21. The molecule has 2 atom stereocenters. The summed E-state index contributed by atoms with van der Waals surface area (Å²) in [6.45, 7) is 14.4. The van der Waals surface area contributed by atoms with Crippen LogP contribution in [-0.4, -0.2) is 71.8 Å². The quantitative estimate of drug-likeness (QED) is 0.141. The van der Waals surface area contributed by atoms with Crippen LogP contribution in [0, 0.1) is 0 Å². The molecule has 1 heterocycles. The van der Waals surface area contributed by atoms with Crippen molar-refractivity contribution < 1.29 is 28.7 Å². The van der Waals surface area contributed by atoms with Crippen molar-refractivity contribution in [2.45, 2.75) is 168 Å². The first kappa shape index (κ1) is 38.5. The topological polar surface area (TPSA) is 126 Å². The van der Waals surface area contributed by atoms with Crippen molar-refractivity contribution in [2.75, 3.05) is 19.6 Å². The minimum Gasteiger partial charge on any atom is -0.444 e. The van der Waals surface area contributed by atoms with Gasteiger partial charge in [-0.2, -0.15) is 0 Å². The number of carbonyl (C=O) groups is 4. The Hall–Kier alpha value is -2.52. The Morgan fingerprint density at radius 2 is 1.23 bits per heavy atom. The summed E-state index contributed by atoms with van der Waals surface area (Å²) in [7, 11) is 0. The molecule has 4 amide bonds. The van der Waals surface area contributed by atoms with Crippen molar-refractivity contribution >= 4 is 24.0 Å². The maximum Gasteiger partial charge on any atom is 0.408 e. The fourth-order valence-electron chi connectivity index (χ4n) is 5.13. The van der Waals surface area contributed by atoms with Crippen LogP contribution >= 0.6 is 0 Å². The van der Waals surface area contributed by atoms with Crippen molar-refractivity contribution in [3.63, 3.8) is 0 Å². The third-order valence-electron chi connectivity index (χ3n) is 7.24. The highest BCUT2D eigenvalue weighted by atomic mass is 16.6. The second kappa shape index (κ2) is 20.4. The van der Waals surface area contributed by atoms with Gasteiger partial charge >= 0.3 is 12.2 Å². The summed E-state index contributed by atoms with van der Waals surface area (Å²) in [6, 6.07) is -1.36. The molecule has 0 spiro atoms. The van der Waals surface area contributed by atoms with Crippen LogP contribution in [0.5, 0.6) is 0 Å². The zero-order chi connectivity index (χ0) is 32.3. The average molecular weight is 611 g/mol. The average Bonchev–Trinajstić information content (AvgIpc) is 3.38. The molecule has 0 radical (unpaired) electrons. The van der Waals surface area contributed by atoms with Crippen LogP contribution in [0.3, 0.4) is 0 Å². The van der Waals surface area contributed by atoms with Gasteiger partial charge < -0.3 is 30.3 Å². The Balaban J connectivity index is 2.57. The number of nitrogens with one attached hydrogen (secondary N) is 3. The first-order valence-electron chi connectivity index (χ1n) is 16.8. The SMILES string of the molecule is CCCCCCCCCCCCNC(=O)[C@@H]1CCCN1C(=O)[C@H](CCCCNC(=O)OC(C)(C)C)NC(=O)OC(C)(C)C. The van der Waals surface area contributed by atoms with E-state index in [-0.39, 0.29) is 11.8 Å². The molecule has 43 heavy (non-hydrogen) atoms. The van der Waals surface area contributed by atoms with E-state index in [1.165, 1.54) is 51.4 Å². The van der Waals surface area contributed by atoms with Gasteiger partial charge in [0.05, 0.1) is 0 Å². The Morgan fingerprint density at radius 3 is 1.81 bits per heavy atom. The molecule has 250 valence electrons. The molecule has 1 rings (SSSR count). The molecule has 1 fully saturated rings. The number of amides is 4. The lowest BCUT2D eigenvalue weighted by atomic mass is 10.1. The summed E-state index contributed by atoms with van der Waals surface area (Å²) in [5.41, 5.74) is -1.29. The van der Waals surface area contributed by atoms with Gasteiger partial charge in [0.25, 0.3) is 0 Å². The van der Waals surface area contributed by atoms with Crippen molar-refractivity contribution in [1.82, 2.24) is 20.9 Å². The predicted molar refractivity (Wildman–Crippen MR) is 171 cm³/mol. The Bertz CT molecular complexity index is 836. The Morgan fingerprint density at radius 1 is 0.721 bits per heavy atom. The van der Waals surface area contributed by atoms with Gasteiger partial charge in [-0.15, -0.1) is 0 Å². The molecule has 10 nitrogen and oxygen atoms in total. The molecule has 0 aromatic heterocycles. The largest absolute Gasteiger partial charge is 0.444 e. The molecule has 0 unspecified atom stereocenters. The van der Waals surface area contributed by atoms with Crippen LogP contribution in [0.15, 0.2) is 0 Å². The second-order valence-electron chi connectivity index (χ2n) is 13.8. The first-order valence-corrected chi connectivity index (χ1v) is 16.8. The standard InChI is InChI=1S/C33H62N4O6/c1-8-9-10-11-12-13-14-15-16-18-23-34-28(38)27-22-20-25-37(27)29(39)26(36-31(41)43-33(5,6)7)21-17-19-24-35-30(40)42-32(2,3)4/h26-27H,8-25H2,1-7H3,(H,34,38)(H,35,40)(H,36,41)/t26-,27-/m0/s1. The van der Waals surface area contributed by atoms with Gasteiger partial charge in [-0.05, 0) is 80.1 Å². The minimum absolute atomic E-state index is 0.126. The lowest BCUT2D eigenvalue weighted by Crippen LogP contribution is -2.54. The summed E-state index contributed by atoms with van der Waals surface area (Å²) in [5.74, 6) is -0.401. The summed E-state index contributed by atoms with van der Waals surface area (Å²) in [4.78, 5) is 52.8.